The standard InChI is InChI=1S/C18H23FN2O2S/c19-17-3-5-18(6-4-17)24(22,23)21-9-7-20(8-10-21)13-16-12-14-1-2-15(16)11-14/h1-6,14-16H,7-13H2/t14-,15-,16+/m1/s1. The molecule has 4 rings (SSSR count). The van der Waals surface area contributed by atoms with Gasteiger partial charge in [-0.2, -0.15) is 4.31 Å². The van der Waals surface area contributed by atoms with Crippen molar-refractivity contribution < 1.29 is 12.8 Å². The third-order valence-electron chi connectivity index (χ3n) is 5.69. The van der Waals surface area contributed by atoms with Crippen molar-refractivity contribution in [2.75, 3.05) is 32.7 Å². The van der Waals surface area contributed by atoms with Crippen molar-refractivity contribution in [3.05, 3.63) is 42.2 Å². The Bertz CT molecular complexity index is 724. The van der Waals surface area contributed by atoms with Gasteiger partial charge in [-0.15, -0.1) is 0 Å². The fourth-order valence-corrected chi connectivity index (χ4v) is 5.77. The smallest absolute Gasteiger partial charge is 0.243 e. The van der Waals surface area contributed by atoms with E-state index in [0.717, 1.165) is 37.4 Å². The van der Waals surface area contributed by atoms with Gasteiger partial charge in [0.1, 0.15) is 5.82 Å². The highest BCUT2D eigenvalue weighted by molar-refractivity contribution is 7.89. The lowest BCUT2D eigenvalue weighted by Crippen LogP contribution is -2.49. The Morgan fingerprint density at radius 3 is 2.29 bits per heavy atom. The monoisotopic (exact) mass is 350 g/mol. The van der Waals surface area contributed by atoms with Crippen molar-refractivity contribution in [1.29, 1.82) is 0 Å². The molecule has 2 fully saturated rings. The van der Waals surface area contributed by atoms with Crippen molar-refractivity contribution in [2.24, 2.45) is 17.8 Å². The average molecular weight is 350 g/mol. The Morgan fingerprint density at radius 1 is 1.00 bits per heavy atom. The summed E-state index contributed by atoms with van der Waals surface area (Å²) < 4.78 is 39.8. The number of allylic oxidation sites excluding steroid dienone is 2. The van der Waals surface area contributed by atoms with Crippen LogP contribution in [0.5, 0.6) is 0 Å². The van der Waals surface area contributed by atoms with Gasteiger partial charge in [-0.25, -0.2) is 12.8 Å². The Labute approximate surface area is 143 Å². The number of hydrogen-bond donors (Lipinski definition) is 0. The summed E-state index contributed by atoms with van der Waals surface area (Å²) in [5.74, 6) is 1.83. The van der Waals surface area contributed by atoms with Gasteiger partial charge in [0, 0.05) is 32.7 Å². The molecule has 1 saturated heterocycles. The lowest BCUT2D eigenvalue weighted by atomic mass is 9.93. The van der Waals surface area contributed by atoms with Crippen LogP contribution in [0.4, 0.5) is 4.39 Å². The van der Waals surface area contributed by atoms with Gasteiger partial charge >= 0.3 is 0 Å². The van der Waals surface area contributed by atoms with E-state index in [1.165, 1.54) is 41.4 Å². The zero-order chi connectivity index (χ0) is 16.7. The molecule has 1 aromatic rings. The molecule has 0 radical (unpaired) electrons. The maximum atomic E-state index is 13.0. The van der Waals surface area contributed by atoms with Crippen molar-refractivity contribution >= 4 is 10.0 Å². The lowest BCUT2D eigenvalue weighted by molar-refractivity contribution is 0.156. The van der Waals surface area contributed by atoms with Crippen LogP contribution in [0.3, 0.4) is 0 Å². The van der Waals surface area contributed by atoms with E-state index in [1.807, 2.05) is 0 Å². The third kappa shape index (κ3) is 3.03. The number of nitrogens with zero attached hydrogens (tertiary/aromatic N) is 2. The molecule has 1 aliphatic heterocycles. The molecule has 1 saturated carbocycles. The number of piperazine rings is 1. The van der Waals surface area contributed by atoms with Gasteiger partial charge in [-0.1, -0.05) is 12.2 Å². The van der Waals surface area contributed by atoms with E-state index in [1.54, 1.807) is 0 Å². The van der Waals surface area contributed by atoms with Crippen molar-refractivity contribution in [3.63, 3.8) is 0 Å². The van der Waals surface area contributed by atoms with Crippen LogP contribution in [0.2, 0.25) is 0 Å². The fraction of sp³-hybridized carbons (Fsp3) is 0.556. The minimum atomic E-state index is -3.51. The van der Waals surface area contributed by atoms with Gasteiger partial charge in [0.15, 0.2) is 0 Å². The van der Waals surface area contributed by atoms with Gasteiger partial charge in [0.25, 0.3) is 0 Å². The Kier molecular flexibility index (Phi) is 4.22. The normalized spacial score (nSPS) is 31.0. The molecule has 0 unspecified atom stereocenters. The molecule has 0 spiro atoms. The molecule has 6 heteroatoms. The molecule has 1 heterocycles. The molecular weight excluding hydrogens is 327 g/mol. The van der Waals surface area contributed by atoms with E-state index in [4.69, 9.17) is 0 Å². The molecule has 1 aromatic carbocycles. The molecule has 0 amide bonds. The summed E-state index contributed by atoms with van der Waals surface area (Å²) in [7, 11) is -3.51. The summed E-state index contributed by atoms with van der Waals surface area (Å²) in [4.78, 5) is 2.58. The molecule has 130 valence electrons. The van der Waals surface area contributed by atoms with Gasteiger partial charge in [0.2, 0.25) is 10.0 Å². The van der Waals surface area contributed by atoms with E-state index in [0.29, 0.717) is 13.1 Å². The SMILES string of the molecule is O=S(=O)(c1ccc(F)cc1)N1CCN(C[C@@H]2C[C@@H]3C=C[C@@H]2C3)CC1. The molecule has 2 aliphatic carbocycles. The van der Waals surface area contributed by atoms with Crippen molar-refractivity contribution in [2.45, 2.75) is 17.7 Å². The first-order chi connectivity index (χ1) is 11.5. The summed E-state index contributed by atoms with van der Waals surface area (Å²) in [6.45, 7) is 3.65. The van der Waals surface area contributed by atoms with Crippen LogP contribution in [-0.2, 0) is 10.0 Å². The predicted molar refractivity (Wildman–Crippen MR) is 90.4 cm³/mol. The minimum Gasteiger partial charge on any atom is -0.300 e. The first kappa shape index (κ1) is 16.2. The van der Waals surface area contributed by atoms with Crippen LogP contribution in [0.25, 0.3) is 0 Å². The zero-order valence-electron chi connectivity index (χ0n) is 13.6. The van der Waals surface area contributed by atoms with E-state index < -0.39 is 15.8 Å². The first-order valence-electron chi connectivity index (χ1n) is 8.69. The number of halogens is 1. The Balaban J connectivity index is 1.35. The average Bonchev–Trinajstić information content (AvgIpc) is 3.19. The molecule has 3 atom stereocenters. The summed E-state index contributed by atoms with van der Waals surface area (Å²) in [6, 6.07) is 5.09. The van der Waals surface area contributed by atoms with Crippen LogP contribution < -0.4 is 0 Å². The molecule has 0 aromatic heterocycles. The summed E-state index contributed by atoms with van der Waals surface area (Å²) in [5, 5.41) is 0. The third-order valence-corrected chi connectivity index (χ3v) is 7.60. The van der Waals surface area contributed by atoms with Gasteiger partial charge in [-0.05, 0) is 54.9 Å². The number of fused-ring (bicyclic) bond motifs is 2. The van der Waals surface area contributed by atoms with Crippen LogP contribution in [0.1, 0.15) is 12.8 Å². The largest absolute Gasteiger partial charge is 0.300 e. The van der Waals surface area contributed by atoms with Crippen LogP contribution >= 0.6 is 0 Å². The highest BCUT2D eigenvalue weighted by Gasteiger charge is 2.37. The molecule has 3 aliphatic rings. The maximum absolute atomic E-state index is 13.0. The van der Waals surface area contributed by atoms with Gasteiger partial charge < -0.3 is 4.90 Å². The predicted octanol–water partition coefficient (Wildman–Crippen LogP) is 2.34. The van der Waals surface area contributed by atoms with Crippen LogP contribution in [0, 0.1) is 23.6 Å². The van der Waals surface area contributed by atoms with E-state index in [9.17, 15) is 12.8 Å². The molecule has 2 bridgehead atoms. The summed E-state index contributed by atoms with van der Waals surface area (Å²) in [5.41, 5.74) is 0. The Hall–Kier alpha value is -1.24. The maximum Gasteiger partial charge on any atom is 0.243 e. The van der Waals surface area contributed by atoms with Crippen molar-refractivity contribution in [3.8, 4) is 0 Å². The van der Waals surface area contributed by atoms with Gasteiger partial charge in [0.05, 0.1) is 4.90 Å². The molecule has 4 nitrogen and oxygen atoms in total. The fourth-order valence-electron chi connectivity index (χ4n) is 4.34. The number of rotatable bonds is 4. The zero-order valence-corrected chi connectivity index (χ0v) is 14.5. The molecule has 0 N–H and O–H groups in total. The lowest BCUT2D eigenvalue weighted by Gasteiger charge is -2.36. The number of benzene rings is 1. The highest BCUT2D eigenvalue weighted by atomic mass is 32.2. The second-order valence-electron chi connectivity index (χ2n) is 7.20. The first-order valence-corrected chi connectivity index (χ1v) is 10.1. The minimum absolute atomic E-state index is 0.176. The van der Waals surface area contributed by atoms with E-state index in [2.05, 4.69) is 17.1 Å². The number of sulfonamides is 1. The summed E-state index contributed by atoms with van der Waals surface area (Å²) in [6.07, 6.45) is 7.32. The molecule has 24 heavy (non-hydrogen) atoms. The van der Waals surface area contributed by atoms with Crippen LogP contribution in [-0.4, -0.2) is 50.3 Å². The second-order valence-corrected chi connectivity index (χ2v) is 9.14. The van der Waals surface area contributed by atoms with E-state index in [-0.39, 0.29) is 4.90 Å². The van der Waals surface area contributed by atoms with Crippen molar-refractivity contribution in [1.82, 2.24) is 9.21 Å². The number of hydrogen-bond acceptors (Lipinski definition) is 3. The quantitative estimate of drug-likeness (QED) is 0.783. The Morgan fingerprint density at radius 2 is 1.71 bits per heavy atom. The van der Waals surface area contributed by atoms with Crippen LogP contribution in [0.15, 0.2) is 41.3 Å². The molecular formula is C18H23FN2O2S. The highest BCUT2D eigenvalue weighted by Crippen LogP contribution is 2.43. The summed E-state index contributed by atoms with van der Waals surface area (Å²) >= 11 is 0. The van der Waals surface area contributed by atoms with E-state index >= 15 is 0 Å². The topological polar surface area (TPSA) is 40.6 Å². The van der Waals surface area contributed by atoms with Gasteiger partial charge in [-0.3, -0.25) is 0 Å². The second kappa shape index (κ2) is 6.24.